The molecule has 0 amide bonds. The number of nitrogen functional groups attached to an aromatic ring is 1. The van der Waals surface area contributed by atoms with Crippen LogP contribution in [0.1, 0.15) is 43.4 Å². The summed E-state index contributed by atoms with van der Waals surface area (Å²) in [5.41, 5.74) is 7.93. The van der Waals surface area contributed by atoms with Crippen LogP contribution in [0.3, 0.4) is 0 Å². The van der Waals surface area contributed by atoms with Gasteiger partial charge in [-0.3, -0.25) is 0 Å². The molecule has 2 nitrogen and oxygen atoms in total. The van der Waals surface area contributed by atoms with Crippen molar-refractivity contribution in [3.63, 3.8) is 0 Å². The number of anilines is 1. The number of benzene rings is 1. The summed E-state index contributed by atoms with van der Waals surface area (Å²) in [6.45, 7) is 0. The van der Waals surface area contributed by atoms with Gasteiger partial charge in [0.15, 0.2) is 5.13 Å². The van der Waals surface area contributed by atoms with E-state index in [0.717, 1.165) is 29.1 Å². The fourth-order valence-electron chi connectivity index (χ4n) is 3.20. The Labute approximate surface area is 132 Å². The molecule has 1 aliphatic carbocycles. The first kappa shape index (κ1) is 14.2. The average Bonchev–Trinajstić information content (AvgIpc) is 2.87. The molecule has 2 N–H and O–H groups in total. The van der Waals surface area contributed by atoms with Gasteiger partial charge in [0.05, 0.1) is 5.69 Å². The average molecular weight is 327 g/mol. The van der Waals surface area contributed by atoms with Gasteiger partial charge in [-0.25, -0.2) is 4.98 Å². The van der Waals surface area contributed by atoms with E-state index in [4.69, 9.17) is 28.9 Å². The Bertz CT molecular complexity index is 618. The topological polar surface area (TPSA) is 38.9 Å². The molecule has 5 heteroatoms. The van der Waals surface area contributed by atoms with Crippen LogP contribution in [0.2, 0.25) is 10.0 Å². The van der Waals surface area contributed by atoms with Crippen LogP contribution >= 0.6 is 34.5 Å². The minimum Gasteiger partial charge on any atom is -0.375 e. The van der Waals surface area contributed by atoms with Gasteiger partial charge in [0.2, 0.25) is 0 Å². The summed E-state index contributed by atoms with van der Waals surface area (Å²) in [6.07, 6.45) is 5.79. The van der Waals surface area contributed by atoms with Crippen molar-refractivity contribution in [3.8, 4) is 0 Å². The Kier molecular flexibility index (Phi) is 3.93. The molecule has 1 fully saturated rings. The van der Waals surface area contributed by atoms with Crippen molar-refractivity contribution in [3.05, 3.63) is 44.9 Å². The van der Waals surface area contributed by atoms with E-state index in [1.54, 1.807) is 0 Å². The molecular formula is C15H16Cl2N2S. The number of nitrogens with two attached hydrogens (primary N) is 1. The molecule has 1 saturated carbocycles. The first-order valence-electron chi connectivity index (χ1n) is 6.79. The predicted molar refractivity (Wildman–Crippen MR) is 86.9 cm³/mol. The summed E-state index contributed by atoms with van der Waals surface area (Å²) in [5.74, 6) is 0. The summed E-state index contributed by atoms with van der Waals surface area (Å²) in [6, 6.07) is 5.78. The second-order valence-corrected chi connectivity index (χ2v) is 7.07. The van der Waals surface area contributed by atoms with Crippen molar-refractivity contribution >= 4 is 39.7 Å². The molecule has 1 aromatic carbocycles. The van der Waals surface area contributed by atoms with E-state index in [1.165, 1.54) is 30.6 Å². The molecule has 106 valence electrons. The normalized spacial score (nSPS) is 18.1. The summed E-state index contributed by atoms with van der Waals surface area (Å²) in [4.78, 5) is 4.55. The lowest BCUT2D eigenvalue weighted by molar-refractivity contribution is 0.340. The quantitative estimate of drug-likeness (QED) is 0.815. The maximum Gasteiger partial charge on any atom is 0.180 e. The van der Waals surface area contributed by atoms with E-state index < -0.39 is 0 Å². The van der Waals surface area contributed by atoms with Gasteiger partial charge in [-0.15, -0.1) is 11.3 Å². The lowest BCUT2D eigenvalue weighted by Crippen LogP contribution is -2.31. The molecule has 1 aromatic heterocycles. The minimum absolute atomic E-state index is 0.103. The molecule has 0 atom stereocenters. The second kappa shape index (κ2) is 5.55. The highest BCUT2D eigenvalue weighted by Crippen LogP contribution is 2.47. The fraction of sp³-hybridized carbons (Fsp3) is 0.400. The Morgan fingerprint density at radius 2 is 1.90 bits per heavy atom. The fourth-order valence-corrected chi connectivity index (χ4v) is 4.45. The SMILES string of the molecule is Nc1nc(C2(c3ccc(Cl)cc3Cl)CCCCC2)cs1. The third-order valence-electron chi connectivity index (χ3n) is 4.17. The summed E-state index contributed by atoms with van der Waals surface area (Å²) in [5, 5.41) is 4.09. The summed E-state index contributed by atoms with van der Waals surface area (Å²) >= 11 is 14.0. The Balaban J connectivity index is 2.14. The Morgan fingerprint density at radius 3 is 2.50 bits per heavy atom. The molecule has 0 radical (unpaired) electrons. The Hall–Kier alpha value is -0.770. The van der Waals surface area contributed by atoms with Crippen LogP contribution in [-0.4, -0.2) is 4.98 Å². The highest BCUT2D eigenvalue weighted by molar-refractivity contribution is 7.13. The maximum atomic E-state index is 6.47. The summed E-state index contributed by atoms with van der Waals surface area (Å²) < 4.78 is 0. The molecule has 0 spiro atoms. The van der Waals surface area contributed by atoms with Gasteiger partial charge in [0, 0.05) is 20.8 Å². The molecule has 0 aliphatic heterocycles. The molecule has 3 rings (SSSR count). The van der Waals surface area contributed by atoms with Gasteiger partial charge in [0.1, 0.15) is 0 Å². The van der Waals surface area contributed by atoms with Crippen LogP contribution in [0, 0.1) is 0 Å². The number of thiazole rings is 1. The highest BCUT2D eigenvalue weighted by atomic mass is 35.5. The van der Waals surface area contributed by atoms with Gasteiger partial charge in [-0.2, -0.15) is 0 Å². The smallest absolute Gasteiger partial charge is 0.180 e. The molecule has 0 unspecified atom stereocenters. The van der Waals surface area contributed by atoms with Crippen molar-refractivity contribution in [2.45, 2.75) is 37.5 Å². The van der Waals surface area contributed by atoms with Crippen LogP contribution in [0.25, 0.3) is 0 Å². The van der Waals surface area contributed by atoms with Crippen LogP contribution in [-0.2, 0) is 5.41 Å². The first-order valence-corrected chi connectivity index (χ1v) is 8.42. The van der Waals surface area contributed by atoms with Crippen LogP contribution in [0.5, 0.6) is 0 Å². The second-order valence-electron chi connectivity index (χ2n) is 5.34. The van der Waals surface area contributed by atoms with E-state index >= 15 is 0 Å². The van der Waals surface area contributed by atoms with Crippen molar-refractivity contribution in [2.75, 3.05) is 5.73 Å². The van der Waals surface area contributed by atoms with Crippen molar-refractivity contribution in [2.24, 2.45) is 0 Å². The van der Waals surface area contributed by atoms with Gasteiger partial charge < -0.3 is 5.73 Å². The van der Waals surface area contributed by atoms with Crippen LogP contribution in [0.4, 0.5) is 5.13 Å². The standard InChI is InChI=1S/C15H16Cl2N2S/c16-10-4-5-11(12(17)8-10)15(6-2-1-3-7-15)13-9-20-14(18)19-13/h4-5,8-9H,1-3,6-7H2,(H2,18,19). The van der Waals surface area contributed by atoms with Gasteiger partial charge in [-0.1, -0.05) is 48.5 Å². The third-order valence-corrected chi connectivity index (χ3v) is 5.39. The van der Waals surface area contributed by atoms with Crippen molar-refractivity contribution < 1.29 is 0 Å². The van der Waals surface area contributed by atoms with Gasteiger partial charge in [0.25, 0.3) is 0 Å². The number of nitrogens with zero attached hydrogens (tertiary/aromatic N) is 1. The highest BCUT2D eigenvalue weighted by Gasteiger charge is 2.39. The molecule has 1 heterocycles. The lowest BCUT2D eigenvalue weighted by Gasteiger charge is -2.37. The van der Waals surface area contributed by atoms with E-state index in [2.05, 4.69) is 10.4 Å². The first-order chi connectivity index (χ1) is 9.62. The van der Waals surface area contributed by atoms with E-state index in [1.807, 2.05) is 18.2 Å². The van der Waals surface area contributed by atoms with Gasteiger partial charge >= 0.3 is 0 Å². The molecule has 0 saturated heterocycles. The van der Waals surface area contributed by atoms with E-state index in [0.29, 0.717) is 10.2 Å². The number of hydrogen-bond donors (Lipinski definition) is 1. The summed E-state index contributed by atoms with van der Waals surface area (Å²) in [7, 11) is 0. The van der Waals surface area contributed by atoms with E-state index in [-0.39, 0.29) is 5.41 Å². The zero-order chi connectivity index (χ0) is 14.2. The number of halogens is 2. The van der Waals surface area contributed by atoms with Gasteiger partial charge in [-0.05, 0) is 30.5 Å². The zero-order valence-corrected chi connectivity index (χ0v) is 13.4. The monoisotopic (exact) mass is 326 g/mol. The minimum atomic E-state index is -0.103. The number of hydrogen-bond acceptors (Lipinski definition) is 3. The largest absolute Gasteiger partial charge is 0.375 e. The maximum absolute atomic E-state index is 6.47. The number of aromatic nitrogens is 1. The van der Waals surface area contributed by atoms with Crippen molar-refractivity contribution in [1.82, 2.24) is 4.98 Å². The third kappa shape index (κ3) is 2.43. The molecular weight excluding hydrogens is 311 g/mol. The molecule has 0 bridgehead atoms. The van der Waals surface area contributed by atoms with Crippen molar-refractivity contribution in [1.29, 1.82) is 0 Å². The molecule has 20 heavy (non-hydrogen) atoms. The Morgan fingerprint density at radius 1 is 1.15 bits per heavy atom. The van der Waals surface area contributed by atoms with Crippen LogP contribution in [0.15, 0.2) is 23.6 Å². The molecule has 1 aliphatic rings. The predicted octanol–water partition coefficient (Wildman–Crippen LogP) is 5.28. The number of rotatable bonds is 2. The lowest BCUT2D eigenvalue weighted by atomic mass is 9.67. The van der Waals surface area contributed by atoms with Crippen LogP contribution < -0.4 is 5.73 Å². The van der Waals surface area contributed by atoms with E-state index in [9.17, 15) is 0 Å². The zero-order valence-electron chi connectivity index (χ0n) is 11.0. The molecule has 2 aromatic rings.